The standard InChI is InChI=1S/C21H25N5O2/c1-25-12-10-22-19(25)15-26-11-4-5-16(14-26)20-21(24-9-8-23-20)28-18-7-3-6-17(13-18)27-2/h3,6-10,12-13,16H,4-5,11,14-15H2,1-2H3. The van der Waals surface area contributed by atoms with E-state index in [1.165, 1.54) is 0 Å². The number of benzene rings is 1. The van der Waals surface area contributed by atoms with Gasteiger partial charge in [0.25, 0.3) is 0 Å². The first-order valence-corrected chi connectivity index (χ1v) is 9.54. The topological polar surface area (TPSA) is 65.3 Å². The summed E-state index contributed by atoms with van der Waals surface area (Å²) in [5.41, 5.74) is 0.912. The molecule has 4 rings (SSSR count). The van der Waals surface area contributed by atoms with E-state index in [4.69, 9.17) is 9.47 Å². The number of hydrogen-bond donors (Lipinski definition) is 0. The predicted octanol–water partition coefficient (Wildman–Crippen LogP) is 3.39. The third-order valence-electron chi connectivity index (χ3n) is 5.13. The van der Waals surface area contributed by atoms with E-state index >= 15 is 0 Å². The molecule has 7 nitrogen and oxygen atoms in total. The minimum absolute atomic E-state index is 0.281. The second kappa shape index (κ2) is 8.39. The molecular formula is C21H25N5O2. The Bertz CT molecular complexity index is 926. The van der Waals surface area contributed by atoms with Gasteiger partial charge < -0.3 is 14.0 Å². The average molecular weight is 379 g/mol. The fourth-order valence-corrected chi connectivity index (χ4v) is 3.64. The number of methoxy groups -OCH3 is 1. The molecule has 2 aromatic heterocycles. The lowest BCUT2D eigenvalue weighted by Crippen LogP contribution is -2.35. The lowest BCUT2D eigenvalue weighted by Gasteiger charge is -2.32. The minimum Gasteiger partial charge on any atom is -0.497 e. The molecule has 1 aliphatic rings. The molecule has 3 aromatic rings. The van der Waals surface area contributed by atoms with Crippen LogP contribution in [0.1, 0.15) is 30.3 Å². The fraction of sp³-hybridized carbons (Fsp3) is 0.381. The van der Waals surface area contributed by atoms with Gasteiger partial charge in [-0.3, -0.25) is 9.88 Å². The molecule has 0 radical (unpaired) electrons. The molecule has 146 valence electrons. The van der Waals surface area contributed by atoms with Gasteiger partial charge in [-0.05, 0) is 31.5 Å². The summed E-state index contributed by atoms with van der Waals surface area (Å²) in [7, 11) is 3.68. The van der Waals surface area contributed by atoms with Crippen LogP contribution in [0.15, 0.2) is 49.1 Å². The SMILES string of the molecule is COc1cccc(Oc2nccnc2C2CCCN(Cc3nccn3C)C2)c1. The van der Waals surface area contributed by atoms with Crippen LogP contribution >= 0.6 is 0 Å². The third-order valence-corrected chi connectivity index (χ3v) is 5.13. The molecule has 0 bridgehead atoms. The van der Waals surface area contributed by atoms with Crippen molar-refractivity contribution in [1.82, 2.24) is 24.4 Å². The van der Waals surface area contributed by atoms with E-state index in [1.54, 1.807) is 19.5 Å². The van der Waals surface area contributed by atoms with Gasteiger partial charge in [0.05, 0.1) is 13.7 Å². The Morgan fingerprint density at radius 2 is 1.96 bits per heavy atom. The van der Waals surface area contributed by atoms with Crippen LogP contribution in [-0.4, -0.2) is 44.6 Å². The summed E-state index contributed by atoms with van der Waals surface area (Å²) in [6.07, 6.45) is 9.44. The van der Waals surface area contributed by atoms with E-state index in [9.17, 15) is 0 Å². The zero-order valence-electron chi connectivity index (χ0n) is 16.3. The molecule has 1 aromatic carbocycles. The first-order chi connectivity index (χ1) is 13.7. The number of hydrogen-bond acceptors (Lipinski definition) is 6. The zero-order chi connectivity index (χ0) is 19.3. The van der Waals surface area contributed by atoms with Gasteiger partial charge in [-0.25, -0.2) is 9.97 Å². The van der Waals surface area contributed by atoms with E-state index in [1.807, 2.05) is 43.7 Å². The van der Waals surface area contributed by atoms with Crippen molar-refractivity contribution in [2.75, 3.05) is 20.2 Å². The van der Waals surface area contributed by atoms with E-state index in [0.29, 0.717) is 11.6 Å². The molecule has 3 heterocycles. The number of ether oxygens (including phenoxy) is 2. The highest BCUT2D eigenvalue weighted by Crippen LogP contribution is 2.33. The van der Waals surface area contributed by atoms with Crippen LogP contribution in [0, 0.1) is 0 Å². The van der Waals surface area contributed by atoms with E-state index < -0.39 is 0 Å². The lowest BCUT2D eigenvalue weighted by atomic mass is 9.94. The zero-order valence-corrected chi connectivity index (χ0v) is 16.3. The molecule has 28 heavy (non-hydrogen) atoms. The largest absolute Gasteiger partial charge is 0.497 e. The maximum atomic E-state index is 6.08. The second-order valence-electron chi connectivity index (χ2n) is 7.06. The molecule has 1 saturated heterocycles. The Kier molecular flexibility index (Phi) is 5.53. The summed E-state index contributed by atoms with van der Waals surface area (Å²) in [6.45, 7) is 2.82. The van der Waals surface area contributed by atoms with Crippen LogP contribution in [0.5, 0.6) is 17.4 Å². The summed E-state index contributed by atoms with van der Waals surface area (Å²) in [4.78, 5) is 16.0. The first kappa shape index (κ1) is 18.4. The maximum Gasteiger partial charge on any atom is 0.241 e. The quantitative estimate of drug-likeness (QED) is 0.654. The van der Waals surface area contributed by atoms with Gasteiger partial charge >= 0.3 is 0 Å². The van der Waals surface area contributed by atoms with Crippen molar-refractivity contribution in [2.45, 2.75) is 25.3 Å². The van der Waals surface area contributed by atoms with Crippen LogP contribution in [0.2, 0.25) is 0 Å². The summed E-state index contributed by atoms with van der Waals surface area (Å²) in [5.74, 6) is 3.37. The lowest BCUT2D eigenvalue weighted by molar-refractivity contribution is 0.191. The highest BCUT2D eigenvalue weighted by Gasteiger charge is 2.26. The van der Waals surface area contributed by atoms with Crippen molar-refractivity contribution in [1.29, 1.82) is 0 Å². The smallest absolute Gasteiger partial charge is 0.241 e. The molecule has 0 aliphatic carbocycles. The number of imidazole rings is 1. The summed E-state index contributed by atoms with van der Waals surface area (Å²) >= 11 is 0. The Hall–Kier alpha value is -2.93. The molecule has 0 spiro atoms. The van der Waals surface area contributed by atoms with Gasteiger partial charge in [0.1, 0.15) is 23.0 Å². The Morgan fingerprint density at radius 1 is 1.11 bits per heavy atom. The van der Waals surface area contributed by atoms with Gasteiger partial charge in [-0.15, -0.1) is 0 Å². The van der Waals surface area contributed by atoms with Crippen LogP contribution in [0.3, 0.4) is 0 Å². The number of piperidine rings is 1. The molecule has 0 N–H and O–H groups in total. The van der Waals surface area contributed by atoms with Crippen LogP contribution in [0.25, 0.3) is 0 Å². The normalized spacial score (nSPS) is 17.4. The summed E-state index contributed by atoms with van der Waals surface area (Å²) in [5, 5.41) is 0. The minimum atomic E-state index is 0.281. The molecular weight excluding hydrogens is 354 g/mol. The highest BCUT2D eigenvalue weighted by atomic mass is 16.5. The number of aromatic nitrogens is 4. The van der Waals surface area contributed by atoms with Crippen molar-refractivity contribution in [3.63, 3.8) is 0 Å². The highest BCUT2D eigenvalue weighted by molar-refractivity contribution is 5.36. The van der Waals surface area contributed by atoms with E-state index in [-0.39, 0.29) is 5.92 Å². The van der Waals surface area contributed by atoms with Crippen molar-refractivity contribution < 1.29 is 9.47 Å². The molecule has 0 saturated carbocycles. The molecule has 1 atom stereocenters. The Labute approximate surface area is 165 Å². The van der Waals surface area contributed by atoms with Crippen LogP contribution in [-0.2, 0) is 13.6 Å². The van der Waals surface area contributed by atoms with Gasteiger partial charge in [-0.1, -0.05) is 6.07 Å². The molecule has 0 amide bonds. The molecule has 1 unspecified atom stereocenters. The number of aryl methyl sites for hydroxylation is 1. The maximum absolute atomic E-state index is 6.08. The average Bonchev–Trinajstić information content (AvgIpc) is 3.13. The van der Waals surface area contributed by atoms with Crippen LogP contribution < -0.4 is 9.47 Å². The molecule has 1 aliphatic heterocycles. The first-order valence-electron chi connectivity index (χ1n) is 9.54. The number of likely N-dealkylation sites (tertiary alicyclic amines) is 1. The monoisotopic (exact) mass is 379 g/mol. The predicted molar refractivity (Wildman–Crippen MR) is 106 cm³/mol. The van der Waals surface area contributed by atoms with Crippen LogP contribution in [0.4, 0.5) is 0 Å². The Balaban J connectivity index is 1.51. The van der Waals surface area contributed by atoms with Crippen molar-refractivity contribution >= 4 is 0 Å². The fourth-order valence-electron chi connectivity index (χ4n) is 3.64. The summed E-state index contributed by atoms with van der Waals surface area (Å²) < 4.78 is 13.4. The van der Waals surface area contributed by atoms with Crippen molar-refractivity contribution in [3.8, 4) is 17.4 Å². The van der Waals surface area contributed by atoms with Gasteiger partial charge in [0.15, 0.2) is 0 Å². The second-order valence-corrected chi connectivity index (χ2v) is 7.06. The van der Waals surface area contributed by atoms with Crippen molar-refractivity contribution in [3.05, 3.63) is 60.6 Å². The van der Waals surface area contributed by atoms with Gasteiger partial charge in [0, 0.05) is 50.4 Å². The Morgan fingerprint density at radius 3 is 2.79 bits per heavy atom. The third kappa shape index (κ3) is 4.14. The van der Waals surface area contributed by atoms with Gasteiger partial charge in [-0.2, -0.15) is 0 Å². The van der Waals surface area contributed by atoms with Crippen molar-refractivity contribution in [2.24, 2.45) is 7.05 Å². The molecule has 1 fully saturated rings. The number of rotatable bonds is 6. The van der Waals surface area contributed by atoms with E-state index in [0.717, 1.165) is 49.7 Å². The molecule has 7 heteroatoms. The number of nitrogens with zero attached hydrogens (tertiary/aromatic N) is 5. The van der Waals surface area contributed by atoms with Gasteiger partial charge in [0.2, 0.25) is 5.88 Å². The van der Waals surface area contributed by atoms with E-state index in [2.05, 4.69) is 24.4 Å². The summed E-state index contributed by atoms with van der Waals surface area (Å²) in [6, 6.07) is 7.54.